The van der Waals surface area contributed by atoms with Gasteiger partial charge in [-0.1, -0.05) is 21.3 Å². The van der Waals surface area contributed by atoms with E-state index in [9.17, 15) is 18.4 Å². The van der Waals surface area contributed by atoms with E-state index in [0.717, 1.165) is 61.2 Å². The number of halogens is 3. The Morgan fingerprint density at radius 2 is 1.02 bits per heavy atom. The number of pyridine rings is 4. The molecule has 0 aliphatic carbocycles. The molecule has 16 heteroatoms. The summed E-state index contributed by atoms with van der Waals surface area (Å²) in [6, 6.07) is 24.5. The summed E-state index contributed by atoms with van der Waals surface area (Å²) < 4.78 is 39.8. The molecule has 0 fully saturated rings. The Bertz CT molecular complexity index is 2840. The predicted molar refractivity (Wildman–Crippen MR) is 241 cm³/mol. The number of aryl methyl sites for hydroxylation is 2. The van der Waals surface area contributed by atoms with Crippen LogP contribution < -0.4 is 16.0 Å². The summed E-state index contributed by atoms with van der Waals surface area (Å²) in [7, 11) is 5.63. The molecule has 6 aromatic heterocycles. The van der Waals surface area contributed by atoms with Gasteiger partial charge >= 0.3 is 22.6 Å². The number of nitrogens with zero attached hydrogens (tertiary/aromatic N) is 6. The molecule has 12 nitrogen and oxygen atoms in total. The second kappa shape index (κ2) is 21.0. The first-order valence-corrected chi connectivity index (χ1v) is 20.4. The topological polar surface area (TPSA) is 149 Å². The summed E-state index contributed by atoms with van der Waals surface area (Å²) in [5, 5.41) is 10.6. The van der Waals surface area contributed by atoms with E-state index in [2.05, 4.69) is 41.8 Å². The minimum absolute atomic E-state index is 0. The molecule has 0 unspecified atom stereocenters. The number of anilines is 3. The van der Waals surface area contributed by atoms with E-state index in [-0.39, 0.29) is 30.9 Å². The van der Waals surface area contributed by atoms with Gasteiger partial charge in [-0.15, -0.1) is 0 Å². The Morgan fingerprint density at radius 3 is 1.42 bits per heavy atom. The fourth-order valence-electron chi connectivity index (χ4n) is 6.99. The van der Waals surface area contributed by atoms with Crippen molar-refractivity contribution in [1.82, 2.24) is 29.1 Å². The van der Waals surface area contributed by atoms with Gasteiger partial charge in [0, 0.05) is 80.7 Å². The van der Waals surface area contributed by atoms with Gasteiger partial charge in [-0.05, 0) is 123 Å². The van der Waals surface area contributed by atoms with Gasteiger partial charge in [-0.25, -0.2) is 18.7 Å². The molecule has 0 aliphatic rings. The van der Waals surface area contributed by atoms with Crippen molar-refractivity contribution < 1.29 is 41.0 Å². The first-order chi connectivity index (χ1) is 29.5. The van der Waals surface area contributed by atoms with Crippen molar-refractivity contribution in [3.63, 3.8) is 0 Å². The first-order valence-electron chi connectivity index (χ1n) is 19.0. The average Bonchev–Trinajstić information content (AvgIpc) is 3.73. The quantitative estimate of drug-likeness (QED) is 0.121. The fraction of sp³-hybridized carbons (Fsp3) is 0.174. The van der Waals surface area contributed by atoms with Crippen LogP contribution in [0.25, 0.3) is 66.8 Å². The van der Waals surface area contributed by atoms with Crippen LogP contribution >= 0.6 is 15.9 Å². The summed E-state index contributed by atoms with van der Waals surface area (Å²) in [5.41, 5.74) is 9.59. The van der Waals surface area contributed by atoms with Crippen molar-refractivity contribution in [2.45, 2.75) is 34.1 Å². The number of carbonyl (C=O) groups is 2. The normalized spacial score (nSPS) is 10.5. The summed E-state index contributed by atoms with van der Waals surface area (Å²) >= 11 is 5.03. The van der Waals surface area contributed by atoms with Crippen LogP contribution in [0.3, 0.4) is 0 Å². The summed E-state index contributed by atoms with van der Waals surface area (Å²) in [5.74, 6) is 0.147. The Kier molecular flexibility index (Phi) is 15.8. The zero-order valence-corrected chi connectivity index (χ0v) is 36.8. The van der Waals surface area contributed by atoms with E-state index in [4.69, 9.17) is 13.4 Å². The zero-order chi connectivity index (χ0) is 43.8. The number of nitrogens with one attached hydrogen (secondary N) is 3. The Balaban J connectivity index is 0.000000222. The van der Waals surface area contributed by atoms with Crippen molar-refractivity contribution in [2.24, 2.45) is 14.1 Å². The molecule has 2 aromatic carbocycles. The third-order valence-corrected chi connectivity index (χ3v) is 10.5. The summed E-state index contributed by atoms with van der Waals surface area (Å²) in [6.07, 6.45) is 7.68. The van der Waals surface area contributed by atoms with Crippen LogP contribution in [-0.2, 0) is 46.3 Å². The molecule has 0 aliphatic heterocycles. The summed E-state index contributed by atoms with van der Waals surface area (Å²) in [6.45, 7) is 3.59. The van der Waals surface area contributed by atoms with Crippen LogP contribution in [-0.4, -0.2) is 47.9 Å². The van der Waals surface area contributed by atoms with E-state index >= 15 is 0 Å². The number of aromatic nitrogens is 6. The SMILES string of the molecule is C.CCC(=O)Nc1nc2c(cc1Br)c(-c1ccncc1)c(-c1ccc(F)cc1)n2C.CCC(=O)Nc1nc2c(cc1NC)c(-c1ccncc1)c(-c1ccc(F)cc1)n2C.[O]=[Pd]. The molecule has 8 aromatic rings. The molecular formula is C46H44BrF2N9O3Pd. The minimum atomic E-state index is -0.289. The number of benzene rings is 2. The van der Waals surface area contributed by atoms with E-state index in [0.29, 0.717) is 40.2 Å². The average molecular weight is 995 g/mol. The molecule has 0 bridgehead atoms. The molecule has 0 atom stereocenters. The number of hydrogen-bond donors (Lipinski definition) is 3. The molecule has 322 valence electrons. The Labute approximate surface area is 377 Å². The van der Waals surface area contributed by atoms with Gasteiger partial charge in [0.15, 0.2) is 5.82 Å². The molecule has 6 heterocycles. The van der Waals surface area contributed by atoms with Gasteiger partial charge in [-0.2, -0.15) is 0 Å². The van der Waals surface area contributed by atoms with Crippen LogP contribution in [0, 0.1) is 11.6 Å². The maximum atomic E-state index is 13.6. The fourth-order valence-corrected chi connectivity index (χ4v) is 7.41. The van der Waals surface area contributed by atoms with E-state index in [1.54, 1.807) is 69.9 Å². The summed E-state index contributed by atoms with van der Waals surface area (Å²) in [4.78, 5) is 41.6. The molecule has 0 spiro atoms. The predicted octanol–water partition coefficient (Wildman–Crippen LogP) is 10.9. The number of rotatable bonds is 9. The van der Waals surface area contributed by atoms with Gasteiger partial charge in [0.25, 0.3) is 0 Å². The van der Waals surface area contributed by atoms with Crippen molar-refractivity contribution >= 4 is 67.1 Å². The Hall–Kier alpha value is -6.34. The molecule has 3 N–H and O–H groups in total. The van der Waals surface area contributed by atoms with E-state index < -0.39 is 0 Å². The van der Waals surface area contributed by atoms with Crippen LogP contribution in [0.15, 0.2) is 114 Å². The Morgan fingerprint density at radius 1 is 0.629 bits per heavy atom. The third kappa shape index (κ3) is 9.73. The van der Waals surface area contributed by atoms with Gasteiger partial charge in [0.2, 0.25) is 11.8 Å². The molecular weight excluding hydrogens is 951 g/mol. The number of hydrogen-bond acceptors (Lipinski definition) is 8. The molecule has 0 radical (unpaired) electrons. The van der Waals surface area contributed by atoms with Gasteiger partial charge in [0.1, 0.15) is 28.7 Å². The van der Waals surface area contributed by atoms with Crippen molar-refractivity contribution in [3.8, 4) is 44.8 Å². The number of fused-ring (bicyclic) bond motifs is 2. The molecule has 0 saturated heterocycles. The standard InChI is InChI=1S/C23H22FN5O.C22H18BrFN4O.CH4.O.Pd/c1-4-19(30)27-22-18(25-2)13-17-20(14-9-11-26-12-10-14)21(29(3)23(17)28-22)15-5-7-16(24)8-6-15;1-3-18(29)26-21-17(23)12-16-19(13-8-10-25-11-9-13)20(28(2)22(16)27-21)14-4-6-15(24)7-5-14;;;/h5-13,25H,4H2,1-3H3,(H,27,28,30);4-12H,3H2,1-2H3,(H,26,27,29);1H4;;. The van der Waals surface area contributed by atoms with Gasteiger partial charge in [0.05, 0.1) is 21.5 Å². The van der Waals surface area contributed by atoms with E-state index in [1.807, 2.05) is 59.6 Å². The second-order valence-electron chi connectivity index (χ2n) is 13.5. The number of carbonyl (C=O) groups excluding carboxylic acids is 2. The van der Waals surface area contributed by atoms with Crippen LogP contribution in [0.2, 0.25) is 0 Å². The molecule has 0 saturated carbocycles. The van der Waals surface area contributed by atoms with E-state index in [1.165, 1.54) is 43.4 Å². The second-order valence-corrected chi connectivity index (χ2v) is 14.4. The zero-order valence-electron chi connectivity index (χ0n) is 33.7. The maximum absolute atomic E-state index is 13.6. The first kappa shape index (κ1) is 46.7. The van der Waals surface area contributed by atoms with Crippen molar-refractivity contribution in [1.29, 1.82) is 0 Å². The van der Waals surface area contributed by atoms with Crippen LogP contribution in [0.4, 0.5) is 26.1 Å². The monoisotopic (exact) mass is 993 g/mol. The van der Waals surface area contributed by atoms with Crippen molar-refractivity contribution in [3.05, 3.63) is 126 Å². The number of amides is 2. The van der Waals surface area contributed by atoms with Gasteiger partial charge < -0.3 is 25.1 Å². The van der Waals surface area contributed by atoms with Crippen LogP contribution in [0.5, 0.6) is 0 Å². The van der Waals surface area contributed by atoms with Gasteiger partial charge in [-0.3, -0.25) is 19.6 Å². The third-order valence-electron chi connectivity index (χ3n) is 9.88. The van der Waals surface area contributed by atoms with Crippen LogP contribution in [0.1, 0.15) is 34.1 Å². The van der Waals surface area contributed by atoms with Crippen molar-refractivity contribution in [2.75, 3.05) is 23.0 Å². The molecule has 8 rings (SSSR count). The molecule has 2 amide bonds. The molecule has 62 heavy (non-hydrogen) atoms.